The maximum atomic E-state index is 11.2. The van der Waals surface area contributed by atoms with Gasteiger partial charge in [0.15, 0.2) is 0 Å². The lowest BCUT2D eigenvalue weighted by Crippen LogP contribution is -1.97. The number of nitrogens with zero attached hydrogens (tertiary/aromatic N) is 4. The van der Waals surface area contributed by atoms with Crippen LogP contribution in [0.4, 0.5) is 5.82 Å². The molecule has 3 heterocycles. The molecule has 4 rings (SSSR count). The van der Waals surface area contributed by atoms with Crippen LogP contribution in [-0.4, -0.2) is 19.9 Å². The molecule has 8 heteroatoms. The minimum absolute atomic E-state index is 0.0414. The number of pyridine rings is 1. The summed E-state index contributed by atoms with van der Waals surface area (Å²) >= 11 is 1.47. The molecule has 0 aliphatic heterocycles. The smallest absolute Gasteiger partial charge is 0.406 e. The molecule has 27 heavy (non-hydrogen) atoms. The summed E-state index contributed by atoms with van der Waals surface area (Å²) in [5.74, 6) is -0.0439. The Balaban J connectivity index is 1.86. The van der Waals surface area contributed by atoms with E-state index in [-0.39, 0.29) is 17.4 Å². The molecule has 0 N–H and O–H groups in total. The van der Waals surface area contributed by atoms with E-state index in [2.05, 4.69) is 40.9 Å². The first-order valence-electron chi connectivity index (χ1n) is 8.11. The van der Waals surface area contributed by atoms with Gasteiger partial charge in [0, 0.05) is 10.9 Å². The molecule has 3 aromatic heterocycles. The van der Waals surface area contributed by atoms with Gasteiger partial charge >= 0.3 is 5.82 Å². The van der Waals surface area contributed by atoms with Crippen molar-refractivity contribution in [3.63, 3.8) is 0 Å². The summed E-state index contributed by atoms with van der Waals surface area (Å²) < 4.78 is 5.81. The summed E-state index contributed by atoms with van der Waals surface area (Å²) in [6, 6.07) is 9.28. The molecule has 0 aliphatic carbocycles. The van der Waals surface area contributed by atoms with Gasteiger partial charge in [0.1, 0.15) is 17.4 Å². The number of nitro groups is 1. The van der Waals surface area contributed by atoms with Crippen molar-refractivity contribution in [1.82, 2.24) is 15.0 Å². The second-order valence-corrected chi connectivity index (χ2v) is 6.85. The lowest BCUT2D eigenvalue weighted by atomic mass is 10.0. The molecule has 0 bridgehead atoms. The second-order valence-electron chi connectivity index (χ2n) is 5.99. The van der Waals surface area contributed by atoms with Gasteiger partial charge in [0.05, 0.1) is 5.39 Å². The normalized spacial score (nSPS) is 10.9. The summed E-state index contributed by atoms with van der Waals surface area (Å²) in [5.41, 5.74) is 4.33. The molecule has 0 spiro atoms. The van der Waals surface area contributed by atoms with E-state index >= 15 is 0 Å². The summed E-state index contributed by atoms with van der Waals surface area (Å²) in [4.78, 5) is 23.7. The third-order valence-electron chi connectivity index (χ3n) is 4.28. The number of thiophene rings is 1. The van der Waals surface area contributed by atoms with Crippen molar-refractivity contribution in [3.8, 4) is 22.8 Å². The molecule has 134 valence electrons. The molecule has 0 fully saturated rings. The molecule has 7 nitrogen and oxygen atoms in total. The standard InChI is InChI=1S/C19H14N4O3S/c1-11-5-6-13(8-12(11)2)14-9-27-19-16(14)18(21-10-22-19)26-15-4-3-7-20-17(15)23(24)25/h3-10H,1-2H3. The van der Waals surface area contributed by atoms with Crippen LogP contribution in [0.3, 0.4) is 0 Å². The molecule has 4 aromatic rings. The third kappa shape index (κ3) is 3.11. The van der Waals surface area contributed by atoms with Crippen LogP contribution in [0.2, 0.25) is 0 Å². The SMILES string of the molecule is Cc1ccc(-c2csc3ncnc(Oc4cccnc4[N+](=O)[O-])c23)cc1C. The number of aromatic nitrogens is 3. The molecule has 0 radical (unpaired) electrons. The first kappa shape index (κ1) is 17.0. The summed E-state index contributed by atoms with van der Waals surface area (Å²) in [7, 11) is 0. The predicted molar refractivity (Wildman–Crippen MR) is 103 cm³/mol. The zero-order valence-corrected chi connectivity index (χ0v) is 15.4. The van der Waals surface area contributed by atoms with E-state index in [9.17, 15) is 10.1 Å². The van der Waals surface area contributed by atoms with Gasteiger partial charge in [-0.2, -0.15) is 0 Å². The highest BCUT2D eigenvalue weighted by Crippen LogP contribution is 2.40. The largest absolute Gasteiger partial charge is 0.429 e. The fourth-order valence-electron chi connectivity index (χ4n) is 2.75. The zero-order valence-electron chi connectivity index (χ0n) is 14.5. The van der Waals surface area contributed by atoms with E-state index in [1.165, 1.54) is 41.1 Å². The number of benzene rings is 1. The Bertz CT molecular complexity index is 1170. The van der Waals surface area contributed by atoms with Crippen molar-refractivity contribution in [1.29, 1.82) is 0 Å². The Labute approximate surface area is 158 Å². The fourth-order valence-corrected chi connectivity index (χ4v) is 3.66. The van der Waals surface area contributed by atoms with Crippen LogP contribution >= 0.6 is 11.3 Å². The Hall–Kier alpha value is -3.39. The quantitative estimate of drug-likeness (QED) is 0.364. The molecule has 0 atom stereocenters. The van der Waals surface area contributed by atoms with Crippen molar-refractivity contribution in [2.75, 3.05) is 0 Å². The highest BCUT2D eigenvalue weighted by Gasteiger charge is 2.20. The van der Waals surface area contributed by atoms with Crippen molar-refractivity contribution < 1.29 is 9.66 Å². The summed E-state index contributed by atoms with van der Waals surface area (Å²) in [6.45, 7) is 4.12. The molecule has 0 unspecified atom stereocenters. The van der Waals surface area contributed by atoms with Gasteiger partial charge in [-0.3, -0.25) is 0 Å². The lowest BCUT2D eigenvalue weighted by molar-refractivity contribution is -0.390. The van der Waals surface area contributed by atoms with Gasteiger partial charge < -0.3 is 14.9 Å². The number of aryl methyl sites for hydroxylation is 2. The van der Waals surface area contributed by atoms with Crippen LogP contribution in [-0.2, 0) is 0 Å². The van der Waals surface area contributed by atoms with Crippen molar-refractivity contribution in [2.45, 2.75) is 13.8 Å². The third-order valence-corrected chi connectivity index (χ3v) is 5.17. The molecular formula is C19H14N4O3S. The first-order valence-corrected chi connectivity index (χ1v) is 8.99. The Kier molecular flexibility index (Phi) is 4.25. The Morgan fingerprint density at radius 3 is 2.74 bits per heavy atom. The maximum Gasteiger partial charge on any atom is 0.406 e. The van der Waals surface area contributed by atoms with Crippen LogP contribution in [0.15, 0.2) is 48.2 Å². The van der Waals surface area contributed by atoms with Crippen LogP contribution < -0.4 is 4.74 Å². The Morgan fingerprint density at radius 2 is 1.96 bits per heavy atom. The van der Waals surface area contributed by atoms with E-state index in [1.807, 2.05) is 11.4 Å². The van der Waals surface area contributed by atoms with Crippen LogP contribution in [0.1, 0.15) is 11.1 Å². The van der Waals surface area contributed by atoms with Crippen molar-refractivity contribution in [3.05, 3.63) is 69.5 Å². The highest BCUT2D eigenvalue weighted by molar-refractivity contribution is 7.17. The topological polar surface area (TPSA) is 91.0 Å². The monoisotopic (exact) mass is 378 g/mol. The van der Waals surface area contributed by atoms with E-state index < -0.39 is 4.92 Å². The first-order chi connectivity index (χ1) is 13.0. The molecule has 0 amide bonds. The number of hydrogen-bond acceptors (Lipinski definition) is 7. The summed E-state index contributed by atoms with van der Waals surface area (Å²) in [6.07, 6.45) is 2.74. The van der Waals surface area contributed by atoms with Crippen molar-refractivity contribution >= 4 is 27.4 Å². The van der Waals surface area contributed by atoms with E-state index in [4.69, 9.17) is 4.74 Å². The lowest BCUT2D eigenvalue weighted by Gasteiger charge is -2.08. The molecule has 1 aromatic carbocycles. The maximum absolute atomic E-state index is 11.2. The van der Waals surface area contributed by atoms with Gasteiger partial charge in [-0.25, -0.2) is 9.97 Å². The Morgan fingerprint density at radius 1 is 1.11 bits per heavy atom. The second kappa shape index (κ2) is 6.73. The predicted octanol–water partition coefficient (Wildman–Crippen LogP) is 5.07. The van der Waals surface area contributed by atoms with E-state index in [0.29, 0.717) is 0 Å². The number of rotatable bonds is 4. The van der Waals surface area contributed by atoms with E-state index in [0.717, 1.165) is 21.3 Å². The average molecular weight is 378 g/mol. The van der Waals surface area contributed by atoms with Crippen LogP contribution in [0.25, 0.3) is 21.3 Å². The van der Waals surface area contributed by atoms with Gasteiger partial charge in [-0.15, -0.1) is 11.3 Å². The number of fused-ring (bicyclic) bond motifs is 1. The van der Waals surface area contributed by atoms with E-state index in [1.54, 1.807) is 6.07 Å². The molecular weight excluding hydrogens is 364 g/mol. The fraction of sp³-hybridized carbons (Fsp3) is 0.105. The van der Waals surface area contributed by atoms with Gasteiger partial charge in [-0.1, -0.05) is 18.2 Å². The average Bonchev–Trinajstić information content (AvgIpc) is 3.09. The molecule has 0 aliphatic rings. The highest BCUT2D eigenvalue weighted by atomic mass is 32.1. The number of hydrogen-bond donors (Lipinski definition) is 0. The van der Waals surface area contributed by atoms with Crippen LogP contribution in [0.5, 0.6) is 11.6 Å². The minimum atomic E-state index is -0.578. The van der Waals surface area contributed by atoms with Crippen LogP contribution in [0, 0.1) is 24.0 Å². The van der Waals surface area contributed by atoms with Gasteiger partial charge in [0.25, 0.3) is 0 Å². The zero-order chi connectivity index (χ0) is 19.0. The van der Waals surface area contributed by atoms with Crippen molar-refractivity contribution in [2.24, 2.45) is 0 Å². The minimum Gasteiger partial charge on any atom is -0.429 e. The summed E-state index contributed by atoms with van der Waals surface area (Å²) in [5, 5.41) is 13.9. The molecule has 0 saturated heterocycles. The van der Waals surface area contributed by atoms with Gasteiger partial charge in [-0.05, 0) is 52.6 Å². The number of ether oxygens (including phenoxy) is 1. The molecule has 0 saturated carbocycles. The van der Waals surface area contributed by atoms with Gasteiger partial charge in [0.2, 0.25) is 11.6 Å².